The summed E-state index contributed by atoms with van der Waals surface area (Å²) in [6, 6.07) is 21.3. The second-order valence-electron chi connectivity index (χ2n) is 8.18. The van der Waals surface area contributed by atoms with Gasteiger partial charge in [0.05, 0.1) is 32.5 Å². The van der Waals surface area contributed by atoms with Gasteiger partial charge in [0.25, 0.3) is 5.91 Å². The lowest BCUT2D eigenvalue weighted by Gasteiger charge is -2.29. The number of phenols is 1. The molecule has 2 saturated heterocycles. The molecular formula is C26H24N2O6. The first-order chi connectivity index (χ1) is 16.5. The number of imide groups is 1. The highest BCUT2D eigenvalue weighted by Crippen LogP contribution is 2.49. The van der Waals surface area contributed by atoms with Crippen LogP contribution < -0.4 is 14.5 Å². The van der Waals surface area contributed by atoms with E-state index in [9.17, 15) is 14.7 Å². The maximum Gasteiger partial charge on any atom is 0.262 e. The molecule has 2 fully saturated rings. The molecule has 2 aliphatic heterocycles. The van der Waals surface area contributed by atoms with Crippen molar-refractivity contribution in [1.82, 2.24) is 4.90 Å². The van der Waals surface area contributed by atoms with E-state index in [2.05, 4.69) is 0 Å². The lowest BCUT2D eigenvalue weighted by atomic mass is 9.90. The minimum absolute atomic E-state index is 0.144. The van der Waals surface area contributed by atoms with Crippen molar-refractivity contribution in [2.75, 3.05) is 19.3 Å². The number of para-hydroxylation sites is 1. The Hall–Kier alpha value is -4.04. The fourth-order valence-corrected chi connectivity index (χ4v) is 4.62. The van der Waals surface area contributed by atoms with E-state index in [-0.39, 0.29) is 35.6 Å². The van der Waals surface area contributed by atoms with Crippen molar-refractivity contribution in [3.63, 3.8) is 0 Å². The summed E-state index contributed by atoms with van der Waals surface area (Å²) in [6.45, 7) is 0.176. The van der Waals surface area contributed by atoms with Crippen molar-refractivity contribution in [1.29, 1.82) is 0 Å². The second-order valence-corrected chi connectivity index (χ2v) is 8.18. The van der Waals surface area contributed by atoms with E-state index in [0.29, 0.717) is 11.3 Å². The SMILES string of the molecule is COc1cc([C@H]2[C@@H]3C(=O)N(Cc4ccccc4)C(=O)[C@@H]3ON2c2ccccc2)cc(OC)c1O. The molecule has 2 aliphatic rings. The first-order valence-electron chi connectivity index (χ1n) is 10.9. The number of carbonyl (C=O) groups excluding carboxylic acids is 2. The molecule has 0 saturated carbocycles. The van der Waals surface area contributed by atoms with Crippen LogP contribution in [0.1, 0.15) is 17.2 Å². The molecule has 3 atom stereocenters. The number of anilines is 1. The summed E-state index contributed by atoms with van der Waals surface area (Å²) in [5.41, 5.74) is 2.17. The van der Waals surface area contributed by atoms with Gasteiger partial charge in [-0.05, 0) is 35.4 Å². The minimum Gasteiger partial charge on any atom is -0.502 e. The van der Waals surface area contributed by atoms with Gasteiger partial charge in [0.2, 0.25) is 11.7 Å². The van der Waals surface area contributed by atoms with Crippen LogP contribution in [0, 0.1) is 5.92 Å². The molecule has 3 aromatic carbocycles. The van der Waals surface area contributed by atoms with Gasteiger partial charge >= 0.3 is 0 Å². The molecule has 1 N–H and O–H groups in total. The number of amides is 2. The number of hydrogen-bond donors (Lipinski definition) is 1. The molecule has 0 unspecified atom stereocenters. The number of methoxy groups -OCH3 is 2. The molecule has 0 aliphatic carbocycles. The lowest BCUT2D eigenvalue weighted by Crippen LogP contribution is -2.37. The summed E-state index contributed by atoms with van der Waals surface area (Å²) in [5, 5.41) is 12.0. The zero-order valence-corrected chi connectivity index (χ0v) is 18.8. The molecule has 5 rings (SSSR count). The summed E-state index contributed by atoms with van der Waals surface area (Å²) in [4.78, 5) is 34.3. The van der Waals surface area contributed by atoms with Crippen molar-refractivity contribution in [3.8, 4) is 17.2 Å². The highest BCUT2D eigenvalue weighted by Gasteiger charge is 2.60. The standard InChI is InChI=1S/C26H24N2O6/c1-32-19-13-17(14-20(33-2)23(19)29)22-21-24(34-28(22)18-11-7-4-8-12-18)26(31)27(25(21)30)15-16-9-5-3-6-10-16/h3-14,21-22,24,29H,15H2,1-2H3/t21-,22-,24+/m0/s1. The molecule has 2 amide bonds. The van der Waals surface area contributed by atoms with Gasteiger partial charge in [0, 0.05) is 0 Å². The van der Waals surface area contributed by atoms with Gasteiger partial charge in [-0.2, -0.15) is 0 Å². The molecule has 34 heavy (non-hydrogen) atoms. The number of ether oxygens (including phenoxy) is 2. The summed E-state index contributed by atoms with van der Waals surface area (Å²) < 4.78 is 10.7. The highest BCUT2D eigenvalue weighted by molar-refractivity contribution is 6.07. The van der Waals surface area contributed by atoms with Crippen molar-refractivity contribution in [2.24, 2.45) is 5.92 Å². The Morgan fingerprint density at radius 2 is 1.47 bits per heavy atom. The van der Waals surface area contributed by atoms with Crippen LogP contribution in [0.4, 0.5) is 5.69 Å². The smallest absolute Gasteiger partial charge is 0.262 e. The molecule has 0 radical (unpaired) electrons. The number of phenolic OH excluding ortho intramolecular Hbond substituents is 1. The number of nitrogens with zero attached hydrogens (tertiary/aromatic N) is 2. The number of aromatic hydroxyl groups is 1. The van der Waals surface area contributed by atoms with E-state index in [1.165, 1.54) is 19.1 Å². The quantitative estimate of drug-likeness (QED) is 0.564. The van der Waals surface area contributed by atoms with Crippen LogP contribution in [-0.4, -0.2) is 42.1 Å². The first kappa shape index (κ1) is 21.8. The fourth-order valence-electron chi connectivity index (χ4n) is 4.62. The molecule has 8 heteroatoms. The van der Waals surface area contributed by atoms with Crippen LogP contribution in [0.25, 0.3) is 0 Å². The summed E-state index contributed by atoms with van der Waals surface area (Å²) in [5.74, 6) is -1.22. The van der Waals surface area contributed by atoms with Gasteiger partial charge < -0.3 is 14.6 Å². The van der Waals surface area contributed by atoms with E-state index in [1.807, 2.05) is 60.7 Å². The predicted molar refractivity (Wildman–Crippen MR) is 123 cm³/mol. The predicted octanol–water partition coefficient (Wildman–Crippen LogP) is 3.46. The van der Waals surface area contributed by atoms with Crippen LogP contribution in [-0.2, 0) is 21.0 Å². The number of likely N-dealkylation sites (tertiary alicyclic amines) is 1. The first-order valence-corrected chi connectivity index (χ1v) is 10.9. The van der Waals surface area contributed by atoms with Crippen LogP contribution in [0.3, 0.4) is 0 Å². The Balaban J connectivity index is 1.58. The van der Waals surface area contributed by atoms with E-state index < -0.39 is 18.1 Å². The third-order valence-electron chi connectivity index (χ3n) is 6.24. The molecular weight excluding hydrogens is 436 g/mol. The summed E-state index contributed by atoms with van der Waals surface area (Å²) in [7, 11) is 2.88. The van der Waals surface area contributed by atoms with Crippen molar-refractivity contribution < 1.29 is 29.0 Å². The van der Waals surface area contributed by atoms with Gasteiger partial charge in [-0.1, -0.05) is 48.5 Å². The van der Waals surface area contributed by atoms with E-state index >= 15 is 0 Å². The topological polar surface area (TPSA) is 88.5 Å². The molecule has 8 nitrogen and oxygen atoms in total. The molecule has 0 aromatic heterocycles. The number of hydroxylamine groups is 1. The Bertz CT molecular complexity index is 1190. The van der Waals surface area contributed by atoms with E-state index in [4.69, 9.17) is 14.3 Å². The highest BCUT2D eigenvalue weighted by atomic mass is 16.7. The average Bonchev–Trinajstić information content (AvgIpc) is 3.37. The van der Waals surface area contributed by atoms with Gasteiger partial charge in [0.15, 0.2) is 17.6 Å². The van der Waals surface area contributed by atoms with Crippen molar-refractivity contribution >= 4 is 17.5 Å². The Kier molecular flexibility index (Phi) is 5.59. The largest absolute Gasteiger partial charge is 0.502 e. The fraction of sp³-hybridized carbons (Fsp3) is 0.231. The lowest BCUT2D eigenvalue weighted by molar-refractivity contribution is -0.143. The number of benzene rings is 3. The van der Waals surface area contributed by atoms with Crippen LogP contribution in [0.2, 0.25) is 0 Å². The summed E-state index contributed by atoms with van der Waals surface area (Å²) in [6.07, 6.45) is -0.966. The second kappa shape index (κ2) is 8.72. The number of carbonyl (C=O) groups is 2. The third kappa shape index (κ3) is 3.52. The Morgan fingerprint density at radius 3 is 2.06 bits per heavy atom. The normalized spacial score (nSPS) is 21.6. The minimum atomic E-state index is -0.966. The zero-order chi connectivity index (χ0) is 23.8. The van der Waals surface area contributed by atoms with Crippen molar-refractivity contribution in [3.05, 3.63) is 83.9 Å². The van der Waals surface area contributed by atoms with Gasteiger partial charge in [-0.3, -0.25) is 19.3 Å². The molecule has 0 bridgehead atoms. The van der Waals surface area contributed by atoms with E-state index in [0.717, 1.165) is 5.56 Å². The van der Waals surface area contributed by atoms with E-state index in [1.54, 1.807) is 17.2 Å². The monoisotopic (exact) mass is 460 g/mol. The Morgan fingerprint density at radius 1 is 0.882 bits per heavy atom. The average molecular weight is 460 g/mol. The summed E-state index contributed by atoms with van der Waals surface area (Å²) >= 11 is 0. The van der Waals surface area contributed by atoms with Gasteiger partial charge in [0.1, 0.15) is 5.92 Å². The maximum absolute atomic E-state index is 13.6. The van der Waals surface area contributed by atoms with Crippen LogP contribution in [0.15, 0.2) is 72.8 Å². The van der Waals surface area contributed by atoms with Gasteiger partial charge in [-0.15, -0.1) is 0 Å². The molecule has 3 aromatic rings. The Labute approximate surface area is 196 Å². The number of fused-ring (bicyclic) bond motifs is 1. The molecule has 0 spiro atoms. The zero-order valence-electron chi connectivity index (χ0n) is 18.8. The number of hydrogen-bond acceptors (Lipinski definition) is 7. The molecule has 2 heterocycles. The van der Waals surface area contributed by atoms with Crippen LogP contribution in [0.5, 0.6) is 17.2 Å². The molecule has 174 valence electrons. The van der Waals surface area contributed by atoms with Crippen LogP contribution >= 0.6 is 0 Å². The third-order valence-corrected chi connectivity index (χ3v) is 6.24. The maximum atomic E-state index is 13.6. The van der Waals surface area contributed by atoms with Crippen molar-refractivity contribution in [2.45, 2.75) is 18.7 Å². The van der Waals surface area contributed by atoms with Gasteiger partial charge in [-0.25, -0.2) is 5.06 Å². The number of rotatable bonds is 6.